The quantitative estimate of drug-likeness (QED) is 0.114. The number of amides is 2. The van der Waals surface area contributed by atoms with Crippen LogP contribution in [0.3, 0.4) is 0 Å². The zero-order valence-electron chi connectivity index (χ0n) is 32.5. The number of fused-ring (bicyclic) bond motifs is 3. The first-order valence-electron chi connectivity index (χ1n) is 19.5. The Balaban J connectivity index is 1.21. The zero-order valence-corrected chi connectivity index (χ0v) is 32.5. The van der Waals surface area contributed by atoms with Crippen LogP contribution >= 0.6 is 0 Å². The maximum atomic E-state index is 13.9. The molecule has 5 rings (SSSR count). The van der Waals surface area contributed by atoms with Crippen molar-refractivity contribution in [1.82, 2.24) is 10.6 Å². The molecule has 0 aromatic heterocycles. The van der Waals surface area contributed by atoms with Gasteiger partial charge in [-0.1, -0.05) is 139 Å². The number of esters is 3. The number of ether oxygens (including phenoxy) is 4. The highest BCUT2D eigenvalue weighted by Gasteiger charge is 2.37. The molecule has 294 valence electrons. The van der Waals surface area contributed by atoms with Crippen molar-refractivity contribution in [2.24, 2.45) is 17.8 Å². The van der Waals surface area contributed by atoms with Crippen molar-refractivity contribution in [2.75, 3.05) is 6.61 Å². The predicted octanol–water partition coefficient (Wildman–Crippen LogP) is 7.25. The van der Waals surface area contributed by atoms with Gasteiger partial charge < -0.3 is 29.6 Å². The Bertz CT molecular complexity index is 1740. The molecule has 1 saturated carbocycles. The van der Waals surface area contributed by atoms with Gasteiger partial charge in [0.05, 0.1) is 0 Å². The highest BCUT2D eigenvalue weighted by Crippen LogP contribution is 2.44. The third kappa shape index (κ3) is 11.0. The molecule has 11 nitrogen and oxygen atoms in total. The van der Waals surface area contributed by atoms with Crippen LogP contribution in [0.15, 0.2) is 78.9 Å². The SMILES string of the molecule is CC(C)[C@H](NC(=O)OCC1c2ccccc2-c2ccccc21)C(=O)O[C@H](CC1CCCCC1)C(=O)N[C@@H](C(=O)O[C@@H](C)C(=O)OCc1ccccc1)C(C)C. The molecule has 2 N–H and O–H groups in total. The monoisotopic (exact) mass is 754 g/mol. The Kier molecular flexibility index (Phi) is 14.5. The largest absolute Gasteiger partial charge is 0.458 e. The van der Waals surface area contributed by atoms with Crippen LogP contribution in [-0.2, 0) is 44.7 Å². The van der Waals surface area contributed by atoms with Gasteiger partial charge >= 0.3 is 24.0 Å². The molecular formula is C44H54N2O9. The third-order valence-corrected chi connectivity index (χ3v) is 10.4. The molecule has 0 radical (unpaired) electrons. The summed E-state index contributed by atoms with van der Waals surface area (Å²) in [6.07, 6.45) is 1.90. The van der Waals surface area contributed by atoms with Crippen molar-refractivity contribution in [3.05, 3.63) is 95.6 Å². The topological polar surface area (TPSA) is 146 Å². The van der Waals surface area contributed by atoms with E-state index in [0.717, 1.165) is 59.9 Å². The van der Waals surface area contributed by atoms with E-state index in [4.69, 9.17) is 18.9 Å². The van der Waals surface area contributed by atoms with Gasteiger partial charge in [-0.15, -0.1) is 0 Å². The molecule has 3 aromatic rings. The Labute approximate surface area is 323 Å². The standard InChI is InChI=1S/C44H54N2O9/c1-27(2)38(42(49)54-29(5)41(48)52-25-31-18-10-7-11-19-31)45-40(47)37(24-30-16-8-6-9-17-30)55-43(50)39(28(3)4)46-44(51)53-26-36-34-22-14-12-20-32(34)33-21-13-15-23-35(33)36/h7,10-15,18-23,27-30,36-39H,6,8-9,16-17,24-26H2,1-5H3,(H,45,47)(H,46,51)/t29-,37+,38+,39-/m0/s1. The van der Waals surface area contributed by atoms with Gasteiger partial charge in [0.25, 0.3) is 5.91 Å². The number of benzene rings is 3. The Morgan fingerprint density at radius 1 is 0.636 bits per heavy atom. The lowest BCUT2D eigenvalue weighted by atomic mass is 9.85. The highest BCUT2D eigenvalue weighted by molar-refractivity contribution is 5.90. The molecule has 2 amide bonds. The molecule has 3 aromatic carbocycles. The predicted molar refractivity (Wildman–Crippen MR) is 206 cm³/mol. The summed E-state index contributed by atoms with van der Waals surface area (Å²) in [4.78, 5) is 66.9. The van der Waals surface area contributed by atoms with Gasteiger partial charge in [-0.25, -0.2) is 19.2 Å². The van der Waals surface area contributed by atoms with E-state index >= 15 is 0 Å². The molecule has 0 spiro atoms. The minimum absolute atomic E-state index is 0.0215. The lowest BCUT2D eigenvalue weighted by Gasteiger charge is -2.30. The van der Waals surface area contributed by atoms with Crippen molar-refractivity contribution >= 4 is 29.9 Å². The van der Waals surface area contributed by atoms with E-state index in [9.17, 15) is 24.0 Å². The first-order chi connectivity index (χ1) is 26.4. The van der Waals surface area contributed by atoms with Gasteiger partial charge in [-0.05, 0) is 58.9 Å². The molecule has 0 bridgehead atoms. The summed E-state index contributed by atoms with van der Waals surface area (Å²) >= 11 is 0. The normalized spacial score (nSPS) is 16.2. The molecule has 11 heteroatoms. The van der Waals surface area contributed by atoms with E-state index in [2.05, 4.69) is 22.8 Å². The average Bonchev–Trinajstić information content (AvgIpc) is 3.50. The maximum absolute atomic E-state index is 13.9. The van der Waals surface area contributed by atoms with Crippen molar-refractivity contribution < 1.29 is 42.9 Å². The second-order valence-corrected chi connectivity index (χ2v) is 15.3. The summed E-state index contributed by atoms with van der Waals surface area (Å²) in [6, 6.07) is 22.9. The van der Waals surface area contributed by atoms with Crippen LogP contribution in [0.1, 0.15) is 95.8 Å². The summed E-state index contributed by atoms with van der Waals surface area (Å²) in [5.41, 5.74) is 5.11. The number of hydrogen-bond donors (Lipinski definition) is 2. The Hall–Kier alpha value is -5.19. The van der Waals surface area contributed by atoms with E-state index in [1.807, 2.05) is 66.7 Å². The Morgan fingerprint density at radius 2 is 1.18 bits per heavy atom. The fourth-order valence-electron chi connectivity index (χ4n) is 7.30. The first-order valence-corrected chi connectivity index (χ1v) is 19.5. The number of nitrogens with one attached hydrogen (secondary N) is 2. The molecule has 0 saturated heterocycles. The van der Waals surface area contributed by atoms with Gasteiger partial charge in [0.15, 0.2) is 12.2 Å². The van der Waals surface area contributed by atoms with Crippen LogP contribution in [0.5, 0.6) is 0 Å². The van der Waals surface area contributed by atoms with Gasteiger partial charge in [0.2, 0.25) is 0 Å². The van der Waals surface area contributed by atoms with Crippen LogP contribution in [0.2, 0.25) is 0 Å². The average molecular weight is 755 g/mol. The van der Waals surface area contributed by atoms with E-state index in [1.165, 1.54) is 6.92 Å². The van der Waals surface area contributed by atoms with Gasteiger partial charge in [0.1, 0.15) is 25.3 Å². The van der Waals surface area contributed by atoms with E-state index in [1.54, 1.807) is 27.7 Å². The van der Waals surface area contributed by atoms with Gasteiger partial charge in [-0.3, -0.25) is 4.79 Å². The molecule has 0 aliphatic heterocycles. The molecular weight excluding hydrogens is 700 g/mol. The summed E-state index contributed by atoms with van der Waals surface area (Å²) in [6.45, 7) is 8.51. The number of hydrogen-bond acceptors (Lipinski definition) is 9. The summed E-state index contributed by atoms with van der Waals surface area (Å²) in [5, 5.41) is 5.42. The number of alkyl carbamates (subject to hydrolysis) is 1. The molecule has 55 heavy (non-hydrogen) atoms. The van der Waals surface area contributed by atoms with Crippen LogP contribution in [0, 0.1) is 17.8 Å². The molecule has 0 unspecified atom stereocenters. The molecule has 0 heterocycles. The summed E-state index contributed by atoms with van der Waals surface area (Å²) in [7, 11) is 0. The number of carbonyl (C=O) groups is 5. The van der Waals surface area contributed by atoms with Gasteiger partial charge in [0, 0.05) is 5.92 Å². The van der Waals surface area contributed by atoms with Crippen LogP contribution in [-0.4, -0.2) is 60.8 Å². The number of rotatable bonds is 16. The molecule has 2 aliphatic carbocycles. The molecule has 1 fully saturated rings. The number of carbonyl (C=O) groups excluding carboxylic acids is 5. The summed E-state index contributed by atoms with van der Waals surface area (Å²) in [5.74, 6) is -3.81. The second-order valence-electron chi connectivity index (χ2n) is 15.3. The van der Waals surface area contributed by atoms with Gasteiger partial charge in [-0.2, -0.15) is 0 Å². The zero-order chi connectivity index (χ0) is 39.5. The first kappa shape index (κ1) is 41.0. The minimum Gasteiger partial charge on any atom is -0.458 e. The van der Waals surface area contributed by atoms with Crippen molar-refractivity contribution in [3.8, 4) is 11.1 Å². The summed E-state index contributed by atoms with van der Waals surface area (Å²) < 4.78 is 22.4. The lowest BCUT2D eigenvalue weighted by molar-refractivity contribution is -0.170. The van der Waals surface area contributed by atoms with Crippen molar-refractivity contribution in [1.29, 1.82) is 0 Å². The lowest BCUT2D eigenvalue weighted by Crippen LogP contribution is -2.53. The minimum atomic E-state index is -1.23. The van der Waals surface area contributed by atoms with Crippen LogP contribution < -0.4 is 10.6 Å². The van der Waals surface area contributed by atoms with E-state index in [0.29, 0.717) is 0 Å². The third-order valence-electron chi connectivity index (χ3n) is 10.4. The fraction of sp³-hybridized carbons (Fsp3) is 0.477. The molecule has 4 atom stereocenters. The van der Waals surface area contributed by atoms with Crippen molar-refractivity contribution in [3.63, 3.8) is 0 Å². The smallest absolute Gasteiger partial charge is 0.407 e. The van der Waals surface area contributed by atoms with E-state index in [-0.39, 0.29) is 31.5 Å². The Morgan fingerprint density at radius 3 is 1.78 bits per heavy atom. The highest BCUT2D eigenvalue weighted by atomic mass is 16.6. The van der Waals surface area contributed by atoms with E-state index < -0.39 is 66.0 Å². The second kappa shape index (κ2) is 19.4. The molecule has 2 aliphatic rings. The maximum Gasteiger partial charge on any atom is 0.407 e. The van der Waals surface area contributed by atoms with Crippen molar-refractivity contribution in [2.45, 2.75) is 110 Å². The van der Waals surface area contributed by atoms with Crippen LogP contribution in [0.25, 0.3) is 11.1 Å². The fourth-order valence-corrected chi connectivity index (χ4v) is 7.30. The van der Waals surface area contributed by atoms with Crippen LogP contribution in [0.4, 0.5) is 4.79 Å².